The highest BCUT2D eigenvalue weighted by molar-refractivity contribution is 5.27. The van der Waals surface area contributed by atoms with Crippen LogP contribution in [0, 0.1) is 11.8 Å². The maximum Gasteiger partial charge on any atom is 0.416 e. The van der Waals surface area contributed by atoms with Crippen molar-refractivity contribution < 1.29 is 13.2 Å². The SMILES string of the molecule is CC1CCC(C(NN)c2ccc(C(F)(F)F)cc2)C1. The number of benzene rings is 1. The zero-order valence-corrected chi connectivity index (χ0v) is 10.9. The van der Waals surface area contributed by atoms with Crippen molar-refractivity contribution in [1.82, 2.24) is 5.43 Å². The number of nitrogens with two attached hydrogens (primary N) is 1. The maximum absolute atomic E-state index is 12.5. The first-order chi connectivity index (χ1) is 8.91. The number of hydrogen-bond acceptors (Lipinski definition) is 2. The second kappa shape index (κ2) is 5.51. The highest BCUT2D eigenvalue weighted by atomic mass is 19.4. The van der Waals surface area contributed by atoms with Crippen molar-refractivity contribution in [3.05, 3.63) is 35.4 Å². The monoisotopic (exact) mass is 272 g/mol. The van der Waals surface area contributed by atoms with Gasteiger partial charge < -0.3 is 0 Å². The van der Waals surface area contributed by atoms with Crippen molar-refractivity contribution in [1.29, 1.82) is 0 Å². The summed E-state index contributed by atoms with van der Waals surface area (Å²) in [5, 5.41) is 0. The van der Waals surface area contributed by atoms with E-state index in [1.807, 2.05) is 0 Å². The summed E-state index contributed by atoms with van der Waals surface area (Å²) < 4.78 is 37.5. The van der Waals surface area contributed by atoms with Gasteiger partial charge >= 0.3 is 6.18 Å². The third-order valence-corrected chi connectivity index (χ3v) is 3.98. The lowest BCUT2D eigenvalue weighted by molar-refractivity contribution is -0.137. The van der Waals surface area contributed by atoms with Gasteiger partial charge in [0.15, 0.2) is 0 Å². The topological polar surface area (TPSA) is 38.0 Å². The van der Waals surface area contributed by atoms with E-state index in [9.17, 15) is 13.2 Å². The quantitative estimate of drug-likeness (QED) is 0.651. The lowest BCUT2D eigenvalue weighted by atomic mass is 9.91. The lowest BCUT2D eigenvalue weighted by Gasteiger charge is -2.23. The molecule has 3 N–H and O–H groups in total. The van der Waals surface area contributed by atoms with Crippen molar-refractivity contribution in [2.24, 2.45) is 17.7 Å². The Morgan fingerprint density at radius 3 is 2.26 bits per heavy atom. The van der Waals surface area contributed by atoms with Crippen molar-refractivity contribution in [2.75, 3.05) is 0 Å². The summed E-state index contributed by atoms with van der Waals surface area (Å²) in [6, 6.07) is 5.23. The van der Waals surface area contributed by atoms with Crippen LogP contribution < -0.4 is 11.3 Å². The predicted molar refractivity (Wildman–Crippen MR) is 68.0 cm³/mol. The Bertz CT molecular complexity index is 414. The van der Waals surface area contributed by atoms with Gasteiger partial charge in [0, 0.05) is 6.04 Å². The van der Waals surface area contributed by atoms with Crippen LogP contribution in [0.1, 0.15) is 43.4 Å². The van der Waals surface area contributed by atoms with Gasteiger partial charge in [-0.15, -0.1) is 0 Å². The van der Waals surface area contributed by atoms with Crippen LogP contribution in [-0.2, 0) is 6.18 Å². The van der Waals surface area contributed by atoms with E-state index in [-0.39, 0.29) is 6.04 Å². The van der Waals surface area contributed by atoms with Gasteiger partial charge in [0.25, 0.3) is 0 Å². The minimum absolute atomic E-state index is 0.0627. The van der Waals surface area contributed by atoms with Crippen LogP contribution in [0.4, 0.5) is 13.2 Å². The second-order valence-corrected chi connectivity index (χ2v) is 5.44. The molecule has 0 spiro atoms. The van der Waals surface area contributed by atoms with E-state index in [0.29, 0.717) is 11.8 Å². The number of hydrogen-bond donors (Lipinski definition) is 2. The Hall–Kier alpha value is -1.07. The van der Waals surface area contributed by atoms with Gasteiger partial charge in [0.2, 0.25) is 0 Å². The lowest BCUT2D eigenvalue weighted by Crippen LogP contribution is -2.32. The molecule has 5 heteroatoms. The smallest absolute Gasteiger partial charge is 0.271 e. The van der Waals surface area contributed by atoms with Gasteiger partial charge in [-0.25, -0.2) is 0 Å². The summed E-state index contributed by atoms with van der Waals surface area (Å²) >= 11 is 0. The minimum Gasteiger partial charge on any atom is -0.271 e. The van der Waals surface area contributed by atoms with E-state index >= 15 is 0 Å². The van der Waals surface area contributed by atoms with Gasteiger partial charge in [-0.1, -0.05) is 25.5 Å². The first-order valence-corrected chi connectivity index (χ1v) is 6.55. The number of halogens is 3. The van der Waals surface area contributed by atoms with Crippen LogP contribution in [0.2, 0.25) is 0 Å². The number of rotatable bonds is 3. The molecule has 106 valence electrons. The van der Waals surface area contributed by atoms with E-state index < -0.39 is 11.7 Å². The average Bonchev–Trinajstić information content (AvgIpc) is 2.76. The van der Waals surface area contributed by atoms with E-state index in [1.54, 1.807) is 0 Å². The van der Waals surface area contributed by atoms with Crippen LogP contribution in [0.15, 0.2) is 24.3 Å². The molecule has 0 heterocycles. The molecule has 0 amide bonds. The zero-order valence-electron chi connectivity index (χ0n) is 10.9. The van der Waals surface area contributed by atoms with Gasteiger partial charge in [0.1, 0.15) is 0 Å². The van der Waals surface area contributed by atoms with Crippen molar-refractivity contribution >= 4 is 0 Å². The molecule has 19 heavy (non-hydrogen) atoms. The van der Waals surface area contributed by atoms with Crippen molar-refractivity contribution in [3.63, 3.8) is 0 Å². The average molecular weight is 272 g/mol. The molecule has 0 bridgehead atoms. The Labute approximate surface area is 111 Å². The molecule has 1 saturated carbocycles. The summed E-state index contributed by atoms with van der Waals surface area (Å²) in [6.45, 7) is 2.19. The molecule has 1 aliphatic carbocycles. The summed E-state index contributed by atoms with van der Waals surface area (Å²) in [7, 11) is 0. The Morgan fingerprint density at radius 1 is 1.21 bits per heavy atom. The van der Waals surface area contributed by atoms with E-state index in [4.69, 9.17) is 5.84 Å². The van der Waals surface area contributed by atoms with Crippen molar-refractivity contribution in [2.45, 2.75) is 38.4 Å². The second-order valence-electron chi connectivity index (χ2n) is 5.44. The van der Waals surface area contributed by atoms with Gasteiger partial charge in [-0.3, -0.25) is 11.3 Å². The standard InChI is InChI=1S/C14H19F3N2/c1-9-2-3-11(8-9)13(19-18)10-4-6-12(7-5-10)14(15,16)17/h4-7,9,11,13,19H,2-3,8,18H2,1H3. The molecular weight excluding hydrogens is 253 g/mol. The van der Waals surface area contributed by atoms with Crippen molar-refractivity contribution in [3.8, 4) is 0 Å². The molecular formula is C14H19F3N2. The fraction of sp³-hybridized carbons (Fsp3) is 0.571. The Morgan fingerprint density at radius 2 is 1.84 bits per heavy atom. The van der Waals surface area contributed by atoms with Crippen LogP contribution in [0.25, 0.3) is 0 Å². The molecule has 2 rings (SSSR count). The number of nitrogens with one attached hydrogen (secondary N) is 1. The first kappa shape index (κ1) is 14.3. The highest BCUT2D eigenvalue weighted by Gasteiger charge is 2.32. The molecule has 1 aromatic rings. The van der Waals surface area contributed by atoms with Crippen LogP contribution in [0.5, 0.6) is 0 Å². The maximum atomic E-state index is 12.5. The van der Waals surface area contributed by atoms with E-state index in [0.717, 1.165) is 37.0 Å². The predicted octanol–water partition coefficient (Wildman–Crippen LogP) is 3.65. The summed E-state index contributed by atoms with van der Waals surface area (Å²) in [5.74, 6) is 6.64. The molecule has 3 unspecified atom stereocenters. The third kappa shape index (κ3) is 3.28. The van der Waals surface area contributed by atoms with Crippen LogP contribution in [0.3, 0.4) is 0 Å². The molecule has 1 aliphatic rings. The van der Waals surface area contributed by atoms with E-state index in [1.165, 1.54) is 12.1 Å². The molecule has 0 aliphatic heterocycles. The van der Waals surface area contributed by atoms with Gasteiger partial charge in [-0.2, -0.15) is 13.2 Å². The molecule has 1 aromatic carbocycles. The molecule has 0 radical (unpaired) electrons. The number of hydrazine groups is 1. The Balaban J connectivity index is 2.15. The first-order valence-electron chi connectivity index (χ1n) is 6.55. The molecule has 2 nitrogen and oxygen atoms in total. The third-order valence-electron chi connectivity index (χ3n) is 3.98. The molecule has 3 atom stereocenters. The molecule has 0 saturated heterocycles. The van der Waals surface area contributed by atoms with Gasteiger partial charge in [-0.05, 0) is 42.4 Å². The zero-order chi connectivity index (χ0) is 14.0. The summed E-state index contributed by atoms with van der Waals surface area (Å²) in [5.41, 5.74) is 2.97. The van der Waals surface area contributed by atoms with E-state index in [2.05, 4.69) is 12.3 Å². The molecule has 1 fully saturated rings. The minimum atomic E-state index is -4.29. The van der Waals surface area contributed by atoms with Gasteiger partial charge in [0.05, 0.1) is 5.56 Å². The normalized spacial score (nSPS) is 25.5. The highest BCUT2D eigenvalue weighted by Crippen LogP contribution is 2.39. The summed E-state index contributed by atoms with van der Waals surface area (Å²) in [4.78, 5) is 0. The fourth-order valence-corrected chi connectivity index (χ4v) is 2.94. The number of alkyl halides is 3. The summed E-state index contributed by atoms with van der Waals surface area (Å²) in [6.07, 6.45) is -0.998. The van der Waals surface area contributed by atoms with Crippen LogP contribution >= 0.6 is 0 Å². The van der Waals surface area contributed by atoms with Crippen LogP contribution in [-0.4, -0.2) is 0 Å². The molecule has 0 aromatic heterocycles. The Kier molecular flexibility index (Phi) is 4.16. The fourth-order valence-electron chi connectivity index (χ4n) is 2.94. The largest absolute Gasteiger partial charge is 0.416 e.